The molecule has 0 saturated heterocycles. The lowest BCUT2D eigenvalue weighted by Gasteiger charge is -2.16. The molecule has 0 spiro atoms. The Bertz CT molecular complexity index is 1070. The van der Waals surface area contributed by atoms with Crippen molar-refractivity contribution in [1.82, 2.24) is 0 Å². The normalized spacial score (nSPS) is 14.4. The molecular weight excluding hydrogens is 416 g/mol. The molecule has 0 saturated carbocycles. The van der Waals surface area contributed by atoms with E-state index in [-0.39, 0.29) is 18.1 Å². The quantitative estimate of drug-likeness (QED) is 0.448. The highest BCUT2D eigenvalue weighted by molar-refractivity contribution is 6.15. The monoisotopic (exact) mass is 442 g/mol. The van der Waals surface area contributed by atoms with Crippen molar-refractivity contribution < 1.29 is 38.0 Å². The first-order valence-corrected chi connectivity index (χ1v) is 10.1. The summed E-state index contributed by atoms with van der Waals surface area (Å²) < 4.78 is 32.8. The Morgan fingerprint density at radius 2 is 1.72 bits per heavy atom. The van der Waals surface area contributed by atoms with Crippen molar-refractivity contribution in [2.75, 3.05) is 27.9 Å². The summed E-state index contributed by atoms with van der Waals surface area (Å²) in [6.07, 6.45) is 0.791. The lowest BCUT2D eigenvalue weighted by molar-refractivity contribution is -0.150. The maximum atomic E-state index is 13.0. The summed E-state index contributed by atoms with van der Waals surface area (Å²) in [6.45, 7) is 5.36. The molecule has 1 heterocycles. The molecule has 1 atom stereocenters. The van der Waals surface area contributed by atoms with Crippen LogP contribution in [-0.2, 0) is 9.53 Å². The molecule has 32 heavy (non-hydrogen) atoms. The van der Waals surface area contributed by atoms with Crippen LogP contribution in [0.15, 0.2) is 30.0 Å². The average molecular weight is 442 g/mol. The molecule has 0 amide bonds. The van der Waals surface area contributed by atoms with Crippen molar-refractivity contribution in [1.29, 1.82) is 0 Å². The Balaban J connectivity index is 1.94. The Morgan fingerprint density at radius 1 is 1.03 bits per heavy atom. The predicted molar refractivity (Wildman–Crippen MR) is 117 cm³/mol. The van der Waals surface area contributed by atoms with Crippen LogP contribution in [0, 0.1) is 6.92 Å². The zero-order valence-corrected chi connectivity index (χ0v) is 18.9. The van der Waals surface area contributed by atoms with Crippen LogP contribution >= 0.6 is 0 Å². The van der Waals surface area contributed by atoms with E-state index in [4.69, 9.17) is 28.4 Å². The third kappa shape index (κ3) is 4.21. The second-order valence-corrected chi connectivity index (χ2v) is 6.94. The Morgan fingerprint density at radius 3 is 2.34 bits per heavy atom. The van der Waals surface area contributed by atoms with Gasteiger partial charge in [-0.3, -0.25) is 4.79 Å². The highest BCUT2D eigenvalue weighted by Gasteiger charge is 2.31. The fraction of sp³-hybridized carbons (Fsp3) is 0.333. The average Bonchev–Trinajstić information content (AvgIpc) is 3.11. The standard InChI is InChI=1S/C24H26O8/c1-7-30-24(26)14(3)31-17-11-9-16-20(25)19(32-21(16)13(17)2)12-15-8-10-18(27-4)23(29-6)22(15)28-5/h8-12,14H,7H2,1-6H3/b19-12-. The summed E-state index contributed by atoms with van der Waals surface area (Å²) in [5, 5.41) is 0. The Labute approximate surface area is 186 Å². The number of carbonyl (C=O) groups is 2. The molecule has 8 heteroatoms. The molecule has 1 aliphatic heterocycles. The fourth-order valence-corrected chi connectivity index (χ4v) is 3.37. The van der Waals surface area contributed by atoms with Crippen LogP contribution < -0.4 is 23.7 Å². The van der Waals surface area contributed by atoms with E-state index >= 15 is 0 Å². The molecule has 0 aliphatic carbocycles. The zero-order valence-electron chi connectivity index (χ0n) is 18.9. The minimum Gasteiger partial charge on any atom is -0.493 e. The van der Waals surface area contributed by atoms with E-state index in [0.29, 0.717) is 45.4 Å². The second-order valence-electron chi connectivity index (χ2n) is 6.94. The van der Waals surface area contributed by atoms with Gasteiger partial charge in [-0.15, -0.1) is 0 Å². The number of hydrogen-bond donors (Lipinski definition) is 0. The number of ether oxygens (including phenoxy) is 6. The molecule has 1 unspecified atom stereocenters. The summed E-state index contributed by atoms with van der Waals surface area (Å²) in [5.74, 6) is 1.53. The van der Waals surface area contributed by atoms with E-state index in [9.17, 15) is 9.59 Å². The highest BCUT2D eigenvalue weighted by atomic mass is 16.6. The number of fused-ring (bicyclic) bond motifs is 1. The summed E-state index contributed by atoms with van der Waals surface area (Å²) in [6, 6.07) is 6.72. The topological polar surface area (TPSA) is 89.5 Å². The minimum atomic E-state index is -0.796. The predicted octanol–water partition coefficient (Wildman–Crippen LogP) is 3.97. The van der Waals surface area contributed by atoms with E-state index in [0.717, 1.165) is 0 Å². The van der Waals surface area contributed by atoms with Crippen LogP contribution in [-0.4, -0.2) is 45.8 Å². The molecule has 2 aromatic carbocycles. The van der Waals surface area contributed by atoms with E-state index < -0.39 is 12.1 Å². The van der Waals surface area contributed by atoms with Crippen molar-refractivity contribution >= 4 is 17.8 Å². The van der Waals surface area contributed by atoms with Crippen LogP contribution in [0.5, 0.6) is 28.7 Å². The van der Waals surface area contributed by atoms with Gasteiger partial charge in [0.05, 0.1) is 33.5 Å². The molecule has 0 N–H and O–H groups in total. The van der Waals surface area contributed by atoms with E-state index in [1.807, 2.05) is 0 Å². The molecule has 0 radical (unpaired) electrons. The van der Waals surface area contributed by atoms with Crippen LogP contribution in [0.2, 0.25) is 0 Å². The molecule has 170 valence electrons. The first kappa shape index (κ1) is 23.0. The third-order valence-electron chi connectivity index (χ3n) is 4.98. The number of ketones is 1. The van der Waals surface area contributed by atoms with Gasteiger partial charge in [0.15, 0.2) is 23.4 Å². The maximum absolute atomic E-state index is 13.0. The van der Waals surface area contributed by atoms with Crippen molar-refractivity contribution in [3.8, 4) is 28.7 Å². The number of allylic oxidation sites excluding steroid dienone is 1. The molecule has 2 aromatic rings. The van der Waals surface area contributed by atoms with E-state index in [1.54, 1.807) is 51.1 Å². The number of methoxy groups -OCH3 is 3. The first-order valence-electron chi connectivity index (χ1n) is 10.1. The van der Waals surface area contributed by atoms with Gasteiger partial charge in [0, 0.05) is 11.1 Å². The molecule has 0 fully saturated rings. The zero-order chi connectivity index (χ0) is 23.4. The van der Waals surface area contributed by atoms with Crippen molar-refractivity contribution in [2.24, 2.45) is 0 Å². The largest absolute Gasteiger partial charge is 0.493 e. The Hall–Kier alpha value is -3.68. The van der Waals surface area contributed by atoms with Gasteiger partial charge >= 0.3 is 5.97 Å². The third-order valence-corrected chi connectivity index (χ3v) is 4.98. The molecule has 1 aliphatic rings. The van der Waals surface area contributed by atoms with E-state index in [1.165, 1.54) is 21.3 Å². The summed E-state index contributed by atoms with van der Waals surface area (Å²) >= 11 is 0. The summed E-state index contributed by atoms with van der Waals surface area (Å²) in [5.41, 5.74) is 1.60. The van der Waals surface area contributed by atoms with Gasteiger partial charge in [-0.2, -0.15) is 0 Å². The van der Waals surface area contributed by atoms with Crippen LogP contribution in [0.1, 0.15) is 35.3 Å². The summed E-state index contributed by atoms with van der Waals surface area (Å²) in [4.78, 5) is 24.8. The van der Waals surface area contributed by atoms with Gasteiger partial charge in [0.2, 0.25) is 11.5 Å². The number of esters is 1. The molecule has 0 bridgehead atoms. The van der Waals surface area contributed by atoms with Crippen molar-refractivity contribution in [2.45, 2.75) is 26.9 Å². The Kier molecular flexibility index (Phi) is 6.92. The number of carbonyl (C=O) groups excluding carboxylic acids is 2. The smallest absolute Gasteiger partial charge is 0.347 e. The molecular formula is C24H26O8. The van der Waals surface area contributed by atoms with Gasteiger partial charge in [0.25, 0.3) is 0 Å². The molecule has 8 nitrogen and oxygen atoms in total. The van der Waals surface area contributed by atoms with Crippen molar-refractivity contribution in [3.63, 3.8) is 0 Å². The minimum absolute atomic E-state index is 0.129. The van der Waals surface area contributed by atoms with Gasteiger partial charge in [0.1, 0.15) is 11.5 Å². The fourth-order valence-electron chi connectivity index (χ4n) is 3.37. The second kappa shape index (κ2) is 9.64. The van der Waals surface area contributed by atoms with Gasteiger partial charge in [-0.05, 0) is 51.1 Å². The SMILES string of the molecule is CCOC(=O)C(C)Oc1ccc2c(c1C)O/C(=C\c1ccc(OC)c(OC)c1OC)C2=O. The lowest BCUT2D eigenvalue weighted by Crippen LogP contribution is -2.26. The number of Topliss-reactive ketones (excluding diaryl/α,β-unsaturated/α-hetero) is 1. The van der Waals surface area contributed by atoms with Gasteiger partial charge in [-0.25, -0.2) is 4.79 Å². The summed E-state index contributed by atoms with van der Waals surface area (Å²) in [7, 11) is 4.54. The van der Waals surface area contributed by atoms with Crippen LogP contribution in [0.4, 0.5) is 0 Å². The van der Waals surface area contributed by atoms with Gasteiger partial charge < -0.3 is 28.4 Å². The molecule has 3 rings (SSSR count). The number of hydrogen-bond acceptors (Lipinski definition) is 8. The highest BCUT2D eigenvalue weighted by Crippen LogP contribution is 2.43. The lowest BCUT2D eigenvalue weighted by atomic mass is 10.1. The number of benzene rings is 2. The number of rotatable bonds is 8. The first-order chi connectivity index (χ1) is 15.4. The van der Waals surface area contributed by atoms with Crippen molar-refractivity contribution in [3.05, 3.63) is 46.7 Å². The van der Waals surface area contributed by atoms with Crippen LogP contribution in [0.3, 0.4) is 0 Å². The van der Waals surface area contributed by atoms with Crippen LogP contribution in [0.25, 0.3) is 6.08 Å². The maximum Gasteiger partial charge on any atom is 0.347 e. The molecule has 0 aromatic heterocycles. The van der Waals surface area contributed by atoms with E-state index in [2.05, 4.69) is 0 Å². The van der Waals surface area contributed by atoms with Gasteiger partial charge in [-0.1, -0.05) is 0 Å².